The Hall–Kier alpha value is -1.85. The Morgan fingerprint density at radius 3 is 2.56 bits per heavy atom. The molecule has 0 radical (unpaired) electrons. The van der Waals surface area contributed by atoms with Crippen LogP contribution in [0.2, 0.25) is 0 Å². The van der Waals surface area contributed by atoms with Gasteiger partial charge in [-0.25, -0.2) is 0 Å². The van der Waals surface area contributed by atoms with Crippen molar-refractivity contribution in [3.05, 3.63) is 17.5 Å². The van der Waals surface area contributed by atoms with Crippen molar-refractivity contribution in [2.75, 3.05) is 6.54 Å². The lowest BCUT2D eigenvalue weighted by molar-refractivity contribution is -0.138. The van der Waals surface area contributed by atoms with Gasteiger partial charge in [-0.2, -0.15) is 5.10 Å². The van der Waals surface area contributed by atoms with E-state index in [9.17, 15) is 9.59 Å². The number of rotatable bonds is 5. The van der Waals surface area contributed by atoms with Crippen molar-refractivity contribution < 1.29 is 14.7 Å². The van der Waals surface area contributed by atoms with E-state index in [-0.39, 0.29) is 18.4 Å². The highest BCUT2D eigenvalue weighted by atomic mass is 16.4. The Bertz CT molecular complexity index is 453. The minimum absolute atomic E-state index is 0.0567. The van der Waals surface area contributed by atoms with Crippen molar-refractivity contribution in [2.24, 2.45) is 7.05 Å². The molecule has 0 aliphatic carbocycles. The van der Waals surface area contributed by atoms with Crippen molar-refractivity contribution in [1.82, 2.24) is 14.7 Å². The first-order valence-corrected chi connectivity index (χ1v) is 5.89. The van der Waals surface area contributed by atoms with Gasteiger partial charge in [0.15, 0.2) is 0 Å². The number of hydrogen-bond acceptors (Lipinski definition) is 3. The maximum Gasteiger partial charge on any atom is 0.305 e. The van der Waals surface area contributed by atoms with E-state index >= 15 is 0 Å². The molecule has 1 atom stereocenters. The lowest BCUT2D eigenvalue weighted by Gasteiger charge is -2.26. The summed E-state index contributed by atoms with van der Waals surface area (Å²) in [5.41, 5.74) is 1.30. The molecule has 0 spiro atoms. The molecule has 1 amide bonds. The quantitative estimate of drug-likeness (QED) is 0.851. The maximum atomic E-state index is 12.3. The van der Waals surface area contributed by atoms with Gasteiger partial charge in [-0.3, -0.25) is 14.3 Å². The molecule has 18 heavy (non-hydrogen) atoms. The molecule has 0 aliphatic heterocycles. The zero-order chi connectivity index (χ0) is 13.9. The van der Waals surface area contributed by atoms with E-state index in [1.807, 2.05) is 13.8 Å². The number of carbonyl (C=O) groups is 2. The van der Waals surface area contributed by atoms with Gasteiger partial charge in [-0.1, -0.05) is 0 Å². The van der Waals surface area contributed by atoms with Crippen molar-refractivity contribution in [3.63, 3.8) is 0 Å². The average Bonchev–Trinajstić information content (AvgIpc) is 2.59. The molecule has 0 fully saturated rings. The second kappa shape index (κ2) is 5.66. The van der Waals surface area contributed by atoms with Crippen molar-refractivity contribution in [1.29, 1.82) is 0 Å². The zero-order valence-corrected chi connectivity index (χ0v) is 11.2. The number of amides is 1. The molecule has 0 bridgehead atoms. The highest BCUT2D eigenvalue weighted by Gasteiger charge is 2.24. The second-order valence-electron chi connectivity index (χ2n) is 4.31. The van der Waals surface area contributed by atoms with Crippen LogP contribution in [0.4, 0.5) is 0 Å². The van der Waals surface area contributed by atoms with Crippen LogP contribution in [-0.4, -0.2) is 44.3 Å². The Morgan fingerprint density at radius 2 is 2.17 bits per heavy atom. The Kier molecular flexibility index (Phi) is 4.47. The third-order valence-electron chi connectivity index (χ3n) is 3.07. The lowest BCUT2D eigenvalue weighted by Crippen LogP contribution is -2.39. The highest BCUT2D eigenvalue weighted by Crippen LogP contribution is 2.13. The van der Waals surface area contributed by atoms with Crippen LogP contribution in [0.1, 0.15) is 36.3 Å². The van der Waals surface area contributed by atoms with Gasteiger partial charge in [0.05, 0.1) is 18.2 Å². The van der Waals surface area contributed by atoms with Crippen LogP contribution in [0, 0.1) is 6.92 Å². The molecule has 1 aromatic rings. The first kappa shape index (κ1) is 14.2. The Balaban J connectivity index is 2.92. The summed E-state index contributed by atoms with van der Waals surface area (Å²) in [5, 5.41) is 12.8. The molecule has 1 N–H and O–H groups in total. The fourth-order valence-electron chi connectivity index (χ4n) is 1.88. The van der Waals surface area contributed by atoms with Gasteiger partial charge in [0.2, 0.25) is 0 Å². The molecule has 0 saturated carbocycles. The fraction of sp³-hybridized carbons (Fsp3) is 0.583. The van der Waals surface area contributed by atoms with Crippen LogP contribution >= 0.6 is 0 Å². The van der Waals surface area contributed by atoms with E-state index in [4.69, 9.17) is 5.11 Å². The van der Waals surface area contributed by atoms with E-state index in [1.165, 1.54) is 6.20 Å². The summed E-state index contributed by atoms with van der Waals surface area (Å²) >= 11 is 0. The van der Waals surface area contributed by atoms with Gasteiger partial charge in [0.1, 0.15) is 0 Å². The van der Waals surface area contributed by atoms with Crippen LogP contribution < -0.4 is 0 Å². The monoisotopic (exact) mass is 253 g/mol. The van der Waals surface area contributed by atoms with E-state index in [0.29, 0.717) is 12.1 Å². The predicted octanol–water partition coefficient (Wildman–Crippen LogP) is 1.05. The molecule has 6 nitrogen and oxygen atoms in total. The summed E-state index contributed by atoms with van der Waals surface area (Å²) in [6.45, 7) is 5.86. The summed E-state index contributed by atoms with van der Waals surface area (Å²) in [7, 11) is 1.77. The number of hydrogen-bond donors (Lipinski definition) is 1. The van der Waals surface area contributed by atoms with Gasteiger partial charge >= 0.3 is 5.97 Å². The number of aliphatic carboxylic acids is 1. The average molecular weight is 253 g/mol. The van der Waals surface area contributed by atoms with Gasteiger partial charge in [-0.05, 0) is 20.8 Å². The number of nitrogens with zero attached hydrogens (tertiary/aromatic N) is 3. The minimum Gasteiger partial charge on any atom is -0.481 e. The molecule has 6 heteroatoms. The summed E-state index contributed by atoms with van der Waals surface area (Å²) in [4.78, 5) is 24.6. The van der Waals surface area contributed by atoms with Crippen LogP contribution in [-0.2, 0) is 11.8 Å². The van der Waals surface area contributed by atoms with Crippen LogP contribution in [0.25, 0.3) is 0 Å². The first-order valence-electron chi connectivity index (χ1n) is 5.89. The molecular weight excluding hydrogens is 234 g/mol. The maximum absolute atomic E-state index is 12.3. The molecule has 100 valence electrons. The first-order chi connectivity index (χ1) is 8.38. The van der Waals surface area contributed by atoms with Crippen molar-refractivity contribution in [2.45, 2.75) is 33.2 Å². The topological polar surface area (TPSA) is 75.4 Å². The third-order valence-corrected chi connectivity index (χ3v) is 3.07. The number of carboxylic acid groups (broad SMARTS) is 1. The zero-order valence-electron chi connectivity index (χ0n) is 11.2. The molecule has 1 aromatic heterocycles. The van der Waals surface area contributed by atoms with Crippen molar-refractivity contribution >= 4 is 11.9 Å². The molecule has 1 heterocycles. The molecule has 0 aromatic carbocycles. The van der Waals surface area contributed by atoms with Crippen molar-refractivity contribution in [3.8, 4) is 0 Å². The normalized spacial score (nSPS) is 12.2. The van der Waals surface area contributed by atoms with Crippen LogP contribution in [0.5, 0.6) is 0 Å². The molecule has 1 rings (SSSR count). The third kappa shape index (κ3) is 2.88. The van der Waals surface area contributed by atoms with E-state index in [2.05, 4.69) is 5.10 Å². The molecule has 0 saturated heterocycles. The van der Waals surface area contributed by atoms with E-state index < -0.39 is 5.97 Å². The number of carbonyl (C=O) groups excluding carboxylic acids is 1. The van der Waals surface area contributed by atoms with E-state index in [0.717, 1.165) is 5.69 Å². The summed E-state index contributed by atoms with van der Waals surface area (Å²) in [6, 6.07) is -0.334. The summed E-state index contributed by atoms with van der Waals surface area (Å²) < 4.78 is 1.63. The van der Waals surface area contributed by atoms with Gasteiger partial charge in [-0.15, -0.1) is 0 Å². The lowest BCUT2D eigenvalue weighted by atomic mass is 10.1. The van der Waals surface area contributed by atoms with E-state index in [1.54, 1.807) is 23.6 Å². The number of aromatic nitrogens is 2. The minimum atomic E-state index is -0.906. The smallest absolute Gasteiger partial charge is 0.305 e. The SMILES string of the molecule is CCN(C(=O)c1cnn(C)c1C)C(C)CC(=O)O. The fourth-order valence-corrected chi connectivity index (χ4v) is 1.88. The Labute approximate surface area is 106 Å². The Morgan fingerprint density at radius 1 is 1.56 bits per heavy atom. The second-order valence-corrected chi connectivity index (χ2v) is 4.31. The molecular formula is C12H19N3O3. The predicted molar refractivity (Wildman–Crippen MR) is 66.4 cm³/mol. The summed E-state index contributed by atoms with van der Waals surface area (Å²) in [6.07, 6.45) is 1.46. The highest BCUT2D eigenvalue weighted by molar-refractivity contribution is 5.95. The van der Waals surface area contributed by atoms with Crippen LogP contribution in [0.15, 0.2) is 6.20 Å². The van der Waals surface area contributed by atoms with Gasteiger partial charge in [0, 0.05) is 25.3 Å². The number of carboxylic acids is 1. The molecule has 0 aliphatic rings. The van der Waals surface area contributed by atoms with Gasteiger partial charge < -0.3 is 10.0 Å². The van der Waals surface area contributed by atoms with Crippen LogP contribution in [0.3, 0.4) is 0 Å². The molecule has 1 unspecified atom stereocenters. The number of aryl methyl sites for hydroxylation is 1. The van der Waals surface area contributed by atoms with Gasteiger partial charge in [0.25, 0.3) is 5.91 Å². The largest absolute Gasteiger partial charge is 0.481 e. The summed E-state index contributed by atoms with van der Waals surface area (Å²) in [5.74, 6) is -1.08. The standard InChI is InChI=1S/C12H19N3O3/c1-5-15(8(2)6-11(16)17)12(18)10-7-13-14(4)9(10)3/h7-8H,5-6H2,1-4H3,(H,16,17).